The van der Waals surface area contributed by atoms with Gasteiger partial charge in [-0.15, -0.1) is 0 Å². The molecule has 0 unspecified atom stereocenters. The zero-order chi connectivity index (χ0) is 18.6. The van der Waals surface area contributed by atoms with E-state index in [4.69, 9.17) is 10.2 Å². The van der Waals surface area contributed by atoms with Crippen LogP contribution in [-0.4, -0.2) is 22.0 Å². The number of hydrogen-bond donors (Lipinski definition) is 2. The van der Waals surface area contributed by atoms with E-state index in [0.29, 0.717) is 23.6 Å². The summed E-state index contributed by atoms with van der Waals surface area (Å²) in [7, 11) is 0. The predicted molar refractivity (Wildman–Crippen MR) is 103 cm³/mol. The second kappa shape index (κ2) is 7.17. The Morgan fingerprint density at radius 2 is 1.96 bits per heavy atom. The van der Waals surface area contributed by atoms with Gasteiger partial charge < -0.3 is 10.2 Å². The SMILES string of the molecule is NC(=O)N/N=C\c1cn(Cc2ccccc2)nc1-c1cc2ccccc2o1. The Morgan fingerprint density at radius 1 is 1.19 bits per heavy atom. The van der Waals surface area contributed by atoms with Crippen molar-refractivity contribution in [2.75, 3.05) is 0 Å². The molecule has 2 heterocycles. The van der Waals surface area contributed by atoms with E-state index in [9.17, 15) is 4.79 Å². The number of carbonyl (C=O) groups is 1. The monoisotopic (exact) mass is 359 g/mol. The summed E-state index contributed by atoms with van der Waals surface area (Å²) in [4.78, 5) is 10.9. The van der Waals surface area contributed by atoms with Gasteiger partial charge in [-0.05, 0) is 17.7 Å². The van der Waals surface area contributed by atoms with Crippen molar-refractivity contribution in [1.82, 2.24) is 15.2 Å². The molecule has 134 valence electrons. The van der Waals surface area contributed by atoms with Crippen LogP contribution < -0.4 is 11.2 Å². The molecule has 0 spiro atoms. The van der Waals surface area contributed by atoms with Crippen LogP contribution in [0.1, 0.15) is 11.1 Å². The average Bonchev–Trinajstić information content (AvgIpc) is 3.26. The summed E-state index contributed by atoms with van der Waals surface area (Å²) < 4.78 is 7.75. The first kappa shape index (κ1) is 16.6. The quantitative estimate of drug-likeness (QED) is 0.422. The van der Waals surface area contributed by atoms with E-state index in [0.717, 1.165) is 16.5 Å². The van der Waals surface area contributed by atoms with Gasteiger partial charge in [0.15, 0.2) is 5.76 Å². The van der Waals surface area contributed by atoms with Crippen LogP contribution in [0.3, 0.4) is 0 Å². The number of furan rings is 1. The Labute approximate surface area is 155 Å². The molecule has 27 heavy (non-hydrogen) atoms. The van der Waals surface area contributed by atoms with E-state index in [2.05, 4.69) is 15.6 Å². The molecule has 0 aliphatic rings. The molecule has 4 rings (SSSR count). The molecule has 7 nitrogen and oxygen atoms in total. The minimum Gasteiger partial charge on any atom is -0.454 e. The maximum Gasteiger partial charge on any atom is 0.332 e. The molecule has 0 aliphatic heterocycles. The molecule has 0 aliphatic carbocycles. The number of nitrogens with one attached hydrogen (secondary N) is 1. The van der Waals surface area contributed by atoms with Gasteiger partial charge in [-0.1, -0.05) is 48.5 Å². The number of rotatable bonds is 5. The number of hydrazone groups is 1. The van der Waals surface area contributed by atoms with Crippen molar-refractivity contribution in [1.29, 1.82) is 0 Å². The van der Waals surface area contributed by atoms with Crippen molar-refractivity contribution < 1.29 is 9.21 Å². The van der Waals surface area contributed by atoms with Crippen molar-refractivity contribution in [2.45, 2.75) is 6.54 Å². The Kier molecular flexibility index (Phi) is 4.40. The van der Waals surface area contributed by atoms with E-state index < -0.39 is 6.03 Å². The van der Waals surface area contributed by atoms with E-state index in [1.165, 1.54) is 6.21 Å². The topological polar surface area (TPSA) is 98.4 Å². The lowest BCUT2D eigenvalue weighted by Crippen LogP contribution is -2.24. The van der Waals surface area contributed by atoms with Gasteiger partial charge in [-0.2, -0.15) is 10.2 Å². The highest BCUT2D eigenvalue weighted by molar-refractivity contribution is 5.91. The first-order chi connectivity index (χ1) is 13.2. The van der Waals surface area contributed by atoms with Gasteiger partial charge in [-0.3, -0.25) is 4.68 Å². The van der Waals surface area contributed by atoms with Crippen molar-refractivity contribution in [3.8, 4) is 11.5 Å². The number of hydrogen-bond acceptors (Lipinski definition) is 4. The number of primary amides is 1. The second-order valence-corrected chi connectivity index (χ2v) is 6.00. The minimum atomic E-state index is -0.729. The van der Waals surface area contributed by atoms with E-state index in [1.807, 2.05) is 71.5 Å². The fraction of sp³-hybridized carbons (Fsp3) is 0.0500. The van der Waals surface area contributed by atoms with Gasteiger partial charge in [0.05, 0.1) is 12.8 Å². The second-order valence-electron chi connectivity index (χ2n) is 6.00. The number of carbonyl (C=O) groups excluding carboxylic acids is 1. The summed E-state index contributed by atoms with van der Waals surface area (Å²) in [6.45, 7) is 0.602. The lowest BCUT2D eigenvalue weighted by Gasteiger charge is -2.00. The largest absolute Gasteiger partial charge is 0.454 e. The van der Waals surface area contributed by atoms with Crippen LogP contribution >= 0.6 is 0 Å². The lowest BCUT2D eigenvalue weighted by atomic mass is 10.2. The van der Waals surface area contributed by atoms with Gasteiger partial charge in [0.25, 0.3) is 0 Å². The number of aromatic nitrogens is 2. The molecule has 0 saturated heterocycles. The van der Waals surface area contributed by atoms with Gasteiger partial charge >= 0.3 is 6.03 Å². The summed E-state index contributed by atoms with van der Waals surface area (Å²) in [6, 6.07) is 19.0. The summed E-state index contributed by atoms with van der Waals surface area (Å²) >= 11 is 0. The van der Waals surface area contributed by atoms with Crippen LogP contribution in [0.5, 0.6) is 0 Å². The molecule has 4 aromatic rings. The van der Waals surface area contributed by atoms with Crippen molar-refractivity contribution in [2.24, 2.45) is 10.8 Å². The molecule has 0 fully saturated rings. The smallest absolute Gasteiger partial charge is 0.332 e. The highest BCUT2D eigenvalue weighted by Crippen LogP contribution is 2.28. The van der Waals surface area contributed by atoms with E-state index in [-0.39, 0.29) is 0 Å². The third kappa shape index (κ3) is 3.72. The number of nitrogens with zero attached hydrogens (tertiary/aromatic N) is 3. The molecule has 2 aromatic carbocycles. The number of amides is 2. The summed E-state index contributed by atoms with van der Waals surface area (Å²) in [5.41, 5.74) is 10.5. The van der Waals surface area contributed by atoms with Crippen LogP contribution in [0, 0.1) is 0 Å². The first-order valence-corrected chi connectivity index (χ1v) is 8.38. The third-order valence-corrected chi connectivity index (χ3v) is 4.01. The number of fused-ring (bicyclic) bond motifs is 1. The number of nitrogens with two attached hydrogens (primary N) is 1. The molecule has 7 heteroatoms. The molecule has 3 N–H and O–H groups in total. The van der Waals surface area contributed by atoms with E-state index in [1.54, 1.807) is 0 Å². The Bertz CT molecular complexity index is 1080. The molecule has 0 saturated carbocycles. The lowest BCUT2D eigenvalue weighted by molar-refractivity contribution is 0.249. The minimum absolute atomic E-state index is 0.602. The summed E-state index contributed by atoms with van der Waals surface area (Å²) in [5, 5.41) is 9.50. The summed E-state index contributed by atoms with van der Waals surface area (Å²) in [5.74, 6) is 0.628. The predicted octanol–water partition coefficient (Wildman–Crippen LogP) is 3.35. The molecule has 0 bridgehead atoms. The average molecular weight is 359 g/mol. The van der Waals surface area contributed by atoms with Crippen LogP contribution in [0.25, 0.3) is 22.4 Å². The van der Waals surface area contributed by atoms with Crippen molar-refractivity contribution in [3.05, 3.63) is 78.0 Å². The van der Waals surface area contributed by atoms with Crippen LogP contribution in [0.4, 0.5) is 4.79 Å². The van der Waals surface area contributed by atoms with Gasteiger partial charge in [0.1, 0.15) is 11.3 Å². The van der Waals surface area contributed by atoms with Gasteiger partial charge in [0, 0.05) is 17.1 Å². The molecule has 2 amide bonds. The molecular weight excluding hydrogens is 342 g/mol. The van der Waals surface area contributed by atoms with Crippen LogP contribution in [0.2, 0.25) is 0 Å². The standard InChI is InChI=1S/C20H17N5O2/c21-20(26)23-22-11-16-13-25(12-14-6-2-1-3-7-14)24-19(16)18-10-15-8-4-5-9-17(15)27-18/h1-11,13H,12H2,(H3,21,23,26)/b22-11-. The zero-order valence-electron chi connectivity index (χ0n) is 14.4. The van der Waals surface area contributed by atoms with Gasteiger partial charge in [-0.25, -0.2) is 10.2 Å². The maximum absolute atomic E-state index is 10.9. The number of para-hydroxylation sites is 1. The number of urea groups is 1. The Morgan fingerprint density at radius 3 is 2.74 bits per heavy atom. The molecule has 0 radical (unpaired) electrons. The third-order valence-electron chi connectivity index (χ3n) is 4.01. The molecule has 0 atom stereocenters. The highest BCUT2D eigenvalue weighted by Gasteiger charge is 2.15. The fourth-order valence-electron chi connectivity index (χ4n) is 2.84. The highest BCUT2D eigenvalue weighted by atomic mass is 16.3. The fourth-order valence-corrected chi connectivity index (χ4v) is 2.84. The van der Waals surface area contributed by atoms with Crippen molar-refractivity contribution >= 4 is 23.2 Å². The molecular formula is C20H17N5O2. The Balaban J connectivity index is 1.73. The van der Waals surface area contributed by atoms with E-state index >= 15 is 0 Å². The first-order valence-electron chi connectivity index (χ1n) is 8.38. The van der Waals surface area contributed by atoms with Crippen molar-refractivity contribution in [3.63, 3.8) is 0 Å². The van der Waals surface area contributed by atoms with Gasteiger partial charge in [0.2, 0.25) is 0 Å². The van der Waals surface area contributed by atoms with Crippen LogP contribution in [-0.2, 0) is 6.54 Å². The number of benzene rings is 2. The maximum atomic E-state index is 10.9. The summed E-state index contributed by atoms with van der Waals surface area (Å²) in [6.07, 6.45) is 3.35. The zero-order valence-corrected chi connectivity index (χ0v) is 14.4. The Hall–Kier alpha value is -3.87. The molecule has 2 aromatic heterocycles. The normalized spacial score (nSPS) is 11.3. The van der Waals surface area contributed by atoms with Crippen LogP contribution in [0.15, 0.2) is 76.4 Å².